The van der Waals surface area contributed by atoms with Gasteiger partial charge in [0, 0.05) is 55.3 Å². The third-order valence-electron chi connectivity index (χ3n) is 8.18. The van der Waals surface area contributed by atoms with E-state index in [2.05, 4.69) is 11.0 Å². The molecule has 1 aromatic heterocycles. The summed E-state index contributed by atoms with van der Waals surface area (Å²) in [5.74, 6) is 1.02. The van der Waals surface area contributed by atoms with Gasteiger partial charge >= 0.3 is 0 Å². The fraction of sp³-hybridized carbons (Fsp3) is 0.500. The first kappa shape index (κ1) is 23.0. The van der Waals surface area contributed by atoms with E-state index in [9.17, 15) is 9.59 Å². The smallest absolute Gasteiger partial charge is 0.250 e. The first-order chi connectivity index (χ1) is 17.0. The van der Waals surface area contributed by atoms with E-state index in [-0.39, 0.29) is 29.5 Å². The van der Waals surface area contributed by atoms with Crippen LogP contribution in [0.25, 0.3) is 5.57 Å². The molecule has 1 saturated carbocycles. The summed E-state index contributed by atoms with van der Waals surface area (Å²) >= 11 is 5.99. The minimum atomic E-state index is -0.110. The standard InChI is InChI=1S/C28H31ClN2O4/c29-21-6-4-19(5-7-21)24-17-35-26-13-22(8-9-23(26)28(24)33)34-11-10-30-14-18-12-20(16-30)25-2-1-3-27(32)31(25)15-18/h1-7,17-18,20,22-23,26H,8-16H2. The van der Waals surface area contributed by atoms with Crippen LogP contribution in [0.2, 0.25) is 5.02 Å². The Bertz CT molecular complexity index is 1190. The van der Waals surface area contributed by atoms with Crippen LogP contribution in [0.5, 0.6) is 0 Å². The summed E-state index contributed by atoms with van der Waals surface area (Å²) in [5.41, 5.74) is 2.81. The van der Waals surface area contributed by atoms with Crippen LogP contribution >= 0.6 is 11.6 Å². The van der Waals surface area contributed by atoms with Crippen LogP contribution in [0.1, 0.15) is 42.9 Å². The molecule has 6 rings (SSSR count). The number of piperidine rings is 1. The molecule has 0 radical (unpaired) electrons. The number of allylic oxidation sites excluding steroid dienone is 1. The summed E-state index contributed by atoms with van der Waals surface area (Å²) in [6, 6.07) is 13.0. The van der Waals surface area contributed by atoms with E-state index in [1.807, 2.05) is 22.8 Å². The number of halogens is 1. The van der Waals surface area contributed by atoms with Crippen LogP contribution in [-0.2, 0) is 20.8 Å². The van der Waals surface area contributed by atoms with Gasteiger partial charge in [-0.15, -0.1) is 0 Å². The van der Waals surface area contributed by atoms with Crippen LogP contribution in [0, 0.1) is 11.8 Å². The Morgan fingerprint density at radius 1 is 1.00 bits per heavy atom. The van der Waals surface area contributed by atoms with Crippen molar-refractivity contribution in [3.05, 3.63) is 75.4 Å². The molecule has 35 heavy (non-hydrogen) atoms. The van der Waals surface area contributed by atoms with Gasteiger partial charge in [0.15, 0.2) is 5.78 Å². The zero-order valence-corrected chi connectivity index (χ0v) is 20.5. The van der Waals surface area contributed by atoms with Gasteiger partial charge in [-0.05, 0) is 48.9 Å². The number of Topliss-reactive ketones (excluding diaryl/α,β-unsaturated/α-hetero) is 1. The number of aromatic nitrogens is 1. The lowest BCUT2D eigenvalue weighted by atomic mass is 9.78. The van der Waals surface area contributed by atoms with Crippen LogP contribution in [0.3, 0.4) is 0 Å². The highest BCUT2D eigenvalue weighted by atomic mass is 35.5. The predicted molar refractivity (Wildman–Crippen MR) is 134 cm³/mol. The van der Waals surface area contributed by atoms with Gasteiger partial charge in [0.05, 0.1) is 30.5 Å². The number of pyridine rings is 1. The molecule has 0 N–H and O–H groups in total. The summed E-state index contributed by atoms with van der Waals surface area (Å²) < 4.78 is 14.3. The minimum Gasteiger partial charge on any atom is -0.496 e. The first-order valence-corrected chi connectivity index (χ1v) is 13.1. The molecule has 2 aromatic rings. The number of hydrogen-bond acceptors (Lipinski definition) is 5. The highest BCUT2D eigenvalue weighted by molar-refractivity contribution is 6.30. The fourth-order valence-electron chi connectivity index (χ4n) is 6.47. The largest absolute Gasteiger partial charge is 0.496 e. The molecule has 184 valence electrons. The molecule has 1 aliphatic carbocycles. The van der Waals surface area contributed by atoms with Gasteiger partial charge in [-0.3, -0.25) is 9.59 Å². The number of hydrogen-bond donors (Lipinski definition) is 0. The second-order valence-electron chi connectivity index (χ2n) is 10.4. The van der Waals surface area contributed by atoms with Crippen LogP contribution in [-0.4, -0.2) is 53.7 Å². The topological polar surface area (TPSA) is 60.8 Å². The molecule has 1 saturated heterocycles. The Morgan fingerprint density at radius 2 is 1.86 bits per heavy atom. The van der Waals surface area contributed by atoms with Gasteiger partial charge in [0.1, 0.15) is 6.10 Å². The molecule has 5 atom stereocenters. The molecular weight excluding hydrogens is 464 g/mol. The third-order valence-corrected chi connectivity index (χ3v) is 8.43. The lowest BCUT2D eigenvalue weighted by Gasteiger charge is -2.43. The summed E-state index contributed by atoms with van der Waals surface area (Å²) in [7, 11) is 0. The van der Waals surface area contributed by atoms with E-state index >= 15 is 0 Å². The van der Waals surface area contributed by atoms with Crippen molar-refractivity contribution in [2.75, 3.05) is 26.2 Å². The molecule has 5 unspecified atom stereocenters. The Labute approximate surface area is 210 Å². The predicted octanol–water partition coefficient (Wildman–Crippen LogP) is 4.12. The third kappa shape index (κ3) is 4.59. The molecular formula is C28H31ClN2O4. The maximum atomic E-state index is 13.1. The number of rotatable bonds is 5. The number of carbonyl (C=O) groups is 1. The second kappa shape index (κ2) is 9.57. The summed E-state index contributed by atoms with van der Waals surface area (Å²) in [5, 5.41) is 0.655. The minimum absolute atomic E-state index is 0.101. The average molecular weight is 495 g/mol. The summed E-state index contributed by atoms with van der Waals surface area (Å²) in [6.45, 7) is 4.41. The van der Waals surface area contributed by atoms with Gasteiger partial charge in [0.2, 0.25) is 0 Å². The highest BCUT2D eigenvalue weighted by Crippen LogP contribution is 2.38. The van der Waals surface area contributed by atoms with E-state index < -0.39 is 0 Å². The Balaban J connectivity index is 1.02. The molecule has 7 heteroatoms. The first-order valence-electron chi connectivity index (χ1n) is 12.7. The van der Waals surface area contributed by atoms with Crippen molar-refractivity contribution in [3.8, 4) is 0 Å². The number of likely N-dealkylation sites (tertiary alicyclic amines) is 1. The van der Waals surface area contributed by atoms with Crippen molar-refractivity contribution in [1.29, 1.82) is 0 Å². The van der Waals surface area contributed by atoms with Gasteiger partial charge < -0.3 is 18.9 Å². The lowest BCUT2D eigenvalue weighted by Crippen LogP contribution is -2.48. The molecule has 3 aliphatic heterocycles. The normalized spacial score (nSPS) is 30.1. The molecule has 4 heterocycles. The Kier molecular flexibility index (Phi) is 6.29. The fourth-order valence-corrected chi connectivity index (χ4v) is 6.60. The molecule has 2 fully saturated rings. The zero-order chi connectivity index (χ0) is 23.9. The van der Waals surface area contributed by atoms with Crippen molar-refractivity contribution < 1.29 is 14.3 Å². The van der Waals surface area contributed by atoms with Gasteiger partial charge in [-0.1, -0.05) is 29.8 Å². The quantitative estimate of drug-likeness (QED) is 0.626. The number of ketones is 1. The highest BCUT2D eigenvalue weighted by Gasteiger charge is 2.41. The van der Waals surface area contributed by atoms with Crippen LogP contribution in [0.4, 0.5) is 0 Å². The van der Waals surface area contributed by atoms with Crippen molar-refractivity contribution in [2.45, 2.75) is 50.4 Å². The second-order valence-corrected chi connectivity index (χ2v) is 10.9. The molecule has 0 amide bonds. The molecule has 4 aliphatic rings. The number of nitrogens with zero attached hydrogens (tertiary/aromatic N) is 2. The van der Waals surface area contributed by atoms with E-state index in [0.717, 1.165) is 51.0 Å². The van der Waals surface area contributed by atoms with Crippen molar-refractivity contribution in [1.82, 2.24) is 9.47 Å². The summed E-state index contributed by atoms with van der Waals surface area (Å²) in [6.07, 6.45) is 5.24. The Hall–Kier alpha value is -2.41. The molecule has 2 bridgehead atoms. The lowest BCUT2D eigenvalue weighted by molar-refractivity contribution is -0.128. The number of benzene rings is 1. The van der Waals surface area contributed by atoms with Crippen LogP contribution in [0.15, 0.2) is 53.5 Å². The number of ether oxygens (including phenoxy) is 2. The maximum Gasteiger partial charge on any atom is 0.250 e. The maximum absolute atomic E-state index is 13.1. The molecule has 1 aromatic carbocycles. The van der Waals surface area contributed by atoms with Gasteiger partial charge in [-0.2, -0.15) is 0 Å². The van der Waals surface area contributed by atoms with E-state index in [4.69, 9.17) is 21.1 Å². The van der Waals surface area contributed by atoms with Gasteiger partial charge in [-0.25, -0.2) is 0 Å². The average Bonchev–Trinajstić information content (AvgIpc) is 2.86. The number of fused-ring (bicyclic) bond motifs is 5. The van der Waals surface area contributed by atoms with Crippen molar-refractivity contribution in [3.63, 3.8) is 0 Å². The van der Waals surface area contributed by atoms with Gasteiger partial charge in [0.25, 0.3) is 5.56 Å². The number of carbonyl (C=O) groups excluding carboxylic acids is 1. The van der Waals surface area contributed by atoms with Crippen LogP contribution < -0.4 is 5.56 Å². The Morgan fingerprint density at radius 3 is 2.71 bits per heavy atom. The zero-order valence-electron chi connectivity index (χ0n) is 19.8. The van der Waals surface area contributed by atoms with E-state index in [1.165, 1.54) is 12.1 Å². The van der Waals surface area contributed by atoms with E-state index in [0.29, 0.717) is 29.0 Å². The van der Waals surface area contributed by atoms with E-state index in [1.54, 1.807) is 24.5 Å². The van der Waals surface area contributed by atoms with Crippen molar-refractivity contribution in [2.24, 2.45) is 11.8 Å². The monoisotopic (exact) mass is 494 g/mol. The van der Waals surface area contributed by atoms with Crippen molar-refractivity contribution >= 4 is 23.0 Å². The molecule has 6 nitrogen and oxygen atoms in total. The summed E-state index contributed by atoms with van der Waals surface area (Å²) in [4.78, 5) is 27.9. The SMILES string of the molecule is O=C1C(c2ccc(Cl)cc2)=COC2CC(OCCN3CC4CC(C3)c3cccc(=O)n3C4)CCC12. The molecule has 0 spiro atoms.